The van der Waals surface area contributed by atoms with Gasteiger partial charge in [-0.25, -0.2) is 8.78 Å². The molecule has 1 aromatic rings. The molecular formula is C10H9BrF2N2. The minimum atomic E-state index is -0.508. The SMILES string of the molecule is N=C1CCCN1c1cc(F)c(Br)cc1F. The van der Waals surface area contributed by atoms with Crippen molar-refractivity contribution < 1.29 is 8.78 Å². The standard InChI is InChI=1S/C10H9BrF2N2/c11-6-4-8(13)9(5-7(6)12)15-3-1-2-10(15)14/h4-5,14H,1-3H2. The highest BCUT2D eigenvalue weighted by Crippen LogP contribution is 2.29. The minimum Gasteiger partial charge on any atom is -0.328 e. The Morgan fingerprint density at radius 3 is 2.60 bits per heavy atom. The van der Waals surface area contributed by atoms with Crippen LogP contribution in [0.5, 0.6) is 0 Å². The van der Waals surface area contributed by atoms with E-state index in [4.69, 9.17) is 5.41 Å². The summed E-state index contributed by atoms with van der Waals surface area (Å²) in [5.74, 6) is -0.670. The molecule has 1 N–H and O–H groups in total. The van der Waals surface area contributed by atoms with Crippen molar-refractivity contribution in [3.05, 3.63) is 28.2 Å². The molecule has 0 atom stereocenters. The zero-order valence-electron chi connectivity index (χ0n) is 7.86. The fourth-order valence-corrected chi connectivity index (χ4v) is 1.97. The molecule has 0 unspecified atom stereocenters. The summed E-state index contributed by atoms with van der Waals surface area (Å²) in [7, 11) is 0. The van der Waals surface area contributed by atoms with Gasteiger partial charge in [0, 0.05) is 19.0 Å². The molecule has 1 saturated heterocycles. The predicted molar refractivity (Wildman–Crippen MR) is 58.4 cm³/mol. The van der Waals surface area contributed by atoms with Crippen LogP contribution in [0.4, 0.5) is 14.5 Å². The predicted octanol–water partition coefficient (Wildman–Crippen LogP) is 3.30. The molecule has 0 bridgehead atoms. The Bertz CT molecular complexity index is 420. The van der Waals surface area contributed by atoms with Crippen LogP contribution in [0, 0.1) is 17.0 Å². The van der Waals surface area contributed by atoms with Crippen LogP contribution in [0.2, 0.25) is 0 Å². The minimum absolute atomic E-state index is 0.106. The zero-order chi connectivity index (χ0) is 11.0. The van der Waals surface area contributed by atoms with Crippen molar-refractivity contribution in [1.82, 2.24) is 0 Å². The third kappa shape index (κ3) is 1.88. The van der Waals surface area contributed by atoms with E-state index in [0.29, 0.717) is 18.8 Å². The summed E-state index contributed by atoms with van der Waals surface area (Å²) in [6, 6.07) is 2.22. The largest absolute Gasteiger partial charge is 0.328 e. The molecule has 0 spiro atoms. The first-order valence-corrected chi connectivity index (χ1v) is 5.38. The first-order valence-electron chi connectivity index (χ1n) is 4.59. The van der Waals surface area contributed by atoms with Crippen molar-refractivity contribution in [2.75, 3.05) is 11.4 Å². The van der Waals surface area contributed by atoms with Crippen LogP contribution in [-0.4, -0.2) is 12.4 Å². The normalized spacial score (nSPS) is 16.2. The third-order valence-electron chi connectivity index (χ3n) is 2.40. The fourth-order valence-electron chi connectivity index (χ4n) is 1.66. The average molecular weight is 275 g/mol. The Balaban J connectivity index is 2.43. The van der Waals surface area contributed by atoms with Crippen molar-refractivity contribution in [2.24, 2.45) is 0 Å². The fraction of sp³-hybridized carbons (Fsp3) is 0.300. The summed E-state index contributed by atoms with van der Waals surface area (Å²) in [6.07, 6.45) is 1.44. The molecule has 2 nitrogen and oxygen atoms in total. The van der Waals surface area contributed by atoms with Gasteiger partial charge in [0.05, 0.1) is 10.2 Å². The number of halogens is 3. The lowest BCUT2D eigenvalue weighted by Crippen LogP contribution is -2.24. The summed E-state index contributed by atoms with van der Waals surface area (Å²) in [5, 5.41) is 7.59. The molecule has 5 heteroatoms. The molecule has 0 radical (unpaired) electrons. The molecule has 0 amide bonds. The number of hydrogen-bond donors (Lipinski definition) is 1. The van der Waals surface area contributed by atoms with Gasteiger partial charge in [-0.05, 0) is 28.4 Å². The van der Waals surface area contributed by atoms with E-state index in [1.54, 1.807) is 0 Å². The van der Waals surface area contributed by atoms with E-state index in [1.165, 1.54) is 4.90 Å². The van der Waals surface area contributed by atoms with Crippen LogP contribution in [-0.2, 0) is 0 Å². The van der Waals surface area contributed by atoms with E-state index in [9.17, 15) is 8.78 Å². The highest BCUT2D eigenvalue weighted by molar-refractivity contribution is 9.10. The lowest BCUT2D eigenvalue weighted by Gasteiger charge is -2.18. The Morgan fingerprint density at radius 2 is 2.00 bits per heavy atom. The van der Waals surface area contributed by atoms with Crippen molar-refractivity contribution in [2.45, 2.75) is 12.8 Å². The number of hydrogen-bond acceptors (Lipinski definition) is 1. The summed E-state index contributed by atoms with van der Waals surface area (Å²) in [6.45, 7) is 0.580. The van der Waals surface area contributed by atoms with Gasteiger partial charge in [0.1, 0.15) is 17.5 Å². The summed E-state index contributed by atoms with van der Waals surface area (Å²) in [4.78, 5) is 1.50. The Labute approximate surface area is 94.5 Å². The van der Waals surface area contributed by atoms with Gasteiger partial charge in [-0.3, -0.25) is 5.41 Å². The third-order valence-corrected chi connectivity index (χ3v) is 3.01. The van der Waals surface area contributed by atoms with Gasteiger partial charge >= 0.3 is 0 Å². The van der Waals surface area contributed by atoms with Crippen LogP contribution in [0.25, 0.3) is 0 Å². The van der Waals surface area contributed by atoms with Crippen LogP contribution in [0.3, 0.4) is 0 Å². The van der Waals surface area contributed by atoms with E-state index >= 15 is 0 Å². The second-order valence-electron chi connectivity index (χ2n) is 3.42. The molecule has 80 valence electrons. The Kier molecular flexibility index (Phi) is 2.73. The lowest BCUT2D eigenvalue weighted by molar-refractivity contribution is 0.594. The van der Waals surface area contributed by atoms with Crippen molar-refractivity contribution in [3.63, 3.8) is 0 Å². The highest BCUT2D eigenvalue weighted by Gasteiger charge is 2.22. The maximum Gasteiger partial charge on any atom is 0.148 e. The van der Waals surface area contributed by atoms with Crippen molar-refractivity contribution >= 4 is 27.5 Å². The van der Waals surface area contributed by atoms with Crippen LogP contribution in [0.15, 0.2) is 16.6 Å². The number of nitrogens with one attached hydrogen (secondary N) is 1. The molecule has 0 aromatic heterocycles. The molecule has 1 fully saturated rings. The number of anilines is 1. The number of benzene rings is 1. The second-order valence-corrected chi connectivity index (χ2v) is 4.27. The lowest BCUT2D eigenvalue weighted by atomic mass is 10.2. The maximum absolute atomic E-state index is 13.5. The van der Waals surface area contributed by atoms with Gasteiger partial charge in [-0.15, -0.1) is 0 Å². The zero-order valence-corrected chi connectivity index (χ0v) is 9.44. The summed E-state index contributed by atoms with van der Waals surface area (Å²) >= 11 is 2.92. The van der Waals surface area contributed by atoms with E-state index in [0.717, 1.165) is 18.6 Å². The van der Waals surface area contributed by atoms with Gasteiger partial charge in [0.15, 0.2) is 0 Å². The molecule has 1 aliphatic rings. The maximum atomic E-state index is 13.5. The van der Waals surface area contributed by atoms with Gasteiger partial charge < -0.3 is 4.90 Å². The topological polar surface area (TPSA) is 27.1 Å². The van der Waals surface area contributed by atoms with Gasteiger partial charge in [-0.2, -0.15) is 0 Å². The number of nitrogens with zero attached hydrogens (tertiary/aromatic N) is 1. The van der Waals surface area contributed by atoms with E-state index < -0.39 is 11.6 Å². The first-order chi connectivity index (χ1) is 7.09. The quantitative estimate of drug-likeness (QED) is 0.782. The van der Waals surface area contributed by atoms with Gasteiger partial charge in [0.2, 0.25) is 0 Å². The molecule has 2 rings (SSSR count). The molecule has 15 heavy (non-hydrogen) atoms. The van der Waals surface area contributed by atoms with Crippen LogP contribution in [0.1, 0.15) is 12.8 Å². The van der Waals surface area contributed by atoms with E-state index in [1.807, 2.05) is 0 Å². The molecule has 1 heterocycles. The van der Waals surface area contributed by atoms with Crippen LogP contribution < -0.4 is 4.90 Å². The average Bonchev–Trinajstić information content (AvgIpc) is 2.58. The first kappa shape index (κ1) is 10.5. The second kappa shape index (κ2) is 3.89. The molecule has 1 aliphatic heterocycles. The highest BCUT2D eigenvalue weighted by atomic mass is 79.9. The number of amidine groups is 1. The van der Waals surface area contributed by atoms with Crippen molar-refractivity contribution in [1.29, 1.82) is 5.41 Å². The van der Waals surface area contributed by atoms with Gasteiger partial charge in [0.25, 0.3) is 0 Å². The summed E-state index contributed by atoms with van der Waals surface area (Å²) in [5.41, 5.74) is 0.151. The number of rotatable bonds is 1. The smallest absolute Gasteiger partial charge is 0.148 e. The van der Waals surface area contributed by atoms with Crippen molar-refractivity contribution in [3.8, 4) is 0 Å². The monoisotopic (exact) mass is 274 g/mol. The Hall–Kier alpha value is -0.970. The van der Waals surface area contributed by atoms with Gasteiger partial charge in [-0.1, -0.05) is 0 Å². The molecule has 1 aromatic carbocycles. The molecule has 0 saturated carbocycles. The summed E-state index contributed by atoms with van der Waals surface area (Å²) < 4.78 is 26.9. The Morgan fingerprint density at radius 1 is 1.27 bits per heavy atom. The molecular weight excluding hydrogens is 266 g/mol. The van der Waals surface area contributed by atoms with Crippen LogP contribution >= 0.6 is 15.9 Å². The molecule has 0 aliphatic carbocycles. The van der Waals surface area contributed by atoms with E-state index in [2.05, 4.69) is 15.9 Å². The van der Waals surface area contributed by atoms with E-state index in [-0.39, 0.29) is 10.2 Å².